The van der Waals surface area contributed by atoms with Gasteiger partial charge in [-0.2, -0.15) is 13.2 Å². The van der Waals surface area contributed by atoms with Crippen molar-refractivity contribution in [3.63, 3.8) is 0 Å². The number of nitrogens with zero attached hydrogens (tertiary/aromatic N) is 3. The molecule has 0 N–H and O–H groups in total. The average molecular weight is 303 g/mol. The lowest BCUT2D eigenvalue weighted by molar-refractivity contribution is -0.384. The van der Waals surface area contributed by atoms with Gasteiger partial charge in [-0.3, -0.25) is 10.1 Å². The Hall–Kier alpha value is -2.32. The number of aryl methyl sites for hydroxylation is 2. The molecule has 1 aromatic heterocycles. The molecular weight excluding hydrogens is 291 g/mol. The predicted molar refractivity (Wildman–Crippen MR) is 68.4 cm³/mol. The SMILES string of the molecule is CCn1c(C)nc2cc(C(F)(F)F)c(OC)c([N+](=O)[O-])c21. The van der Waals surface area contributed by atoms with Gasteiger partial charge in [0.1, 0.15) is 11.4 Å². The average Bonchev–Trinajstić information content (AvgIpc) is 2.69. The van der Waals surface area contributed by atoms with Crippen molar-refractivity contribution in [3.05, 3.63) is 27.6 Å². The zero-order chi connectivity index (χ0) is 15.9. The Kier molecular flexibility index (Phi) is 3.52. The molecule has 0 aliphatic heterocycles. The summed E-state index contributed by atoms with van der Waals surface area (Å²) in [4.78, 5) is 14.4. The Balaban J connectivity index is 3.03. The lowest BCUT2D eigenvalue weighted by Gasteiger charge is -2.13. The number of imidazole rings is 1. The van der Waals surface area contributed by atoms with Gasteiger partial charge in [0.2, 0.25) is 5.75 Å². The lowest BCUT2D eigenvalue weighted by atomic mass is 10.1. The fourth-order valence-corrected chi connectivity index (χ4v) is 2.35. The van der Waals surface area contributed by atoms with Crippen molar-refractivity contribution in [2.75, 3.05) is 7.11 Å². The Bertz CT molecular complexity index is 722. The Morgan fingerprint density at radius 2 is 2.10 bits per heavy atom. The molecule has 0 aliphatic rings. The number of hydrogen-bond donors (Lipinski definition) is 0. The maximum atomic E-state index is 13.1. The molecule has 0 atom stereocenters. The van der Waals surface area contributed by atoms with Crippen molar-refractivity contribution >= 4 is 16.7 Å². The smallest absolute Gasteiger partial charge is 0.420 e. The second-order valence-electron chi connectivity index (χ2n) is 4.33. The molecule has 0 bridgehead atoms. The van der Waals surface area contributed by atoms with Crippen LogP contribution in [0.1, 0.15) is 18.3 Å². The number of alkyl halides is 3. The van der Waals surface area contributed by atoms with Gasteiger partial charge in [0.25, 0.3) is 0 Å². The van der Waals surface area contributed by atoms with Crippen LogP contribution >= 0.6 is 0 Å². The summed E-state index contributed by atoms with van der Waals surface area (Å²) in [6, 6.07) is 0.778. The van der Waals surface area contributed by atoms with Gasteiger partial charge in [-0.1, -0.05) is 0 Å². The van der Waals surface area contributed by atoms with Gasteiger partial charge >= 0.3 is 11.9 Å². The largest absolute Gasteiger partial charge is 0.490 e. The number of aromatic nitrogens is 2. The lowest BCUT2D eigenvalue weighted by Crippen LogP contribution is -2.10. The van der Waals surface area contributed by atoms with Crippen LogP contribution in [0.15, 0.2) is 6.07 Å². The maximum absolute atomic E-state index is 13.1. The summed E-state index contributed by atoms with van der Waals surface area (Å²) in [5.74, 6) is -0.397. The molecule has 0 aliphatic carbocycles. The van der Waals surface area contributed by atoms with E-state index < -0.39 is 28.1 Å². The second-order valence-corrected chi connectivity index (χ2v) is 4.33. The number of ether oxygens (including phenoxy) is 1. The summed E-state index contributed by atoms with van der Waals surface area (Å²) in [6.45, 7) is 3.65. The van der Waals surface area contributed by atoms with Crippen LogP contribution in [0.25, 0.3) is 11.0 Å². The van der Waals surface area contributed by atoms with Gasteiger partial charge in [0.05, 0.1) is 17.5 Å². The number of halogens is 3. The molecule has 9 heteroatoms. The fraction of sp³-hybridized carbons (Fsp3) is 0.417. The van der Waals surface area contributed by atoms with Crippen LogP contribution in [-0.4, -0.2) is 21.6 Å². The molecular formula is C12H12F3N3O3. The number of benzene rings is 1. The van der Waals surface area contributed by atoms with Gasteiger partial charge < -0.3 is 9.30 Å². The van der Waals surface area contributed by atoms with E-state index in [1.165, 1.54) is 4.57 Å². The van der Waals surface area contributed by atoms with E-state index in [-0.39, 0.29) is 11.0 Å². The summed E-state index contributed by atoms with van der Waals surface area (Å²) in [5, 5.41) is 11.3. The predicted octanol–water partition coefficient (Wildman–Crippen LogP) is 3.30. The Morgan fingerprint density at radius 1 is 1.48 bits per heavy atom. The molecule has 2 rings (SSSR count). The quantitative estimate of drug-likeness (QED) is 0.644. The minimum absolute atomic E-state index is 0.0323. The van der Waals surface area contributed by atoms with E-state index in [1.54, 1.807) is 13.8 Å². The molecule has 2 aromatic rings. The summed E-state index contributed by atoms with van der Waals surface area (Å²) in [7, 11) is 0.975. The summed E-state index contributed by atoms with van der Waals surface area (Å²) >= 11 is 0. The zero-order valence-electron chi connectivity index (χ0n) is 11.5. The van der Waals surface area contributed by atoms with Crippen LogP contribution in [0.2, 0.25) is 0 Å². The monoisotopic (exact) mass is 303 g/mol. The number of nitro benzene ring substituents is 1. The molecule has 114 valence electrons. The van der Waals surface area contributed by atoms with E-state index >= 15 is 0 Å². The van der Waals surface area contributed by atoms with E-state index in [0.29, 0.717) is 12.4 Å². The van der Waals surface area contributed by atoms with Crippen LogP contribution in [0.5, 0.6) is 5.75 Å². The highest BCUT2D eigenvalue weighted by molar-refractivity contribution is 5.90. The Labute approximate surface area is 117 Å². The molecule has 6 nitrogen and oxygen atoms in total. The van der Waals surface area contributed by atoms with Crippen LogP contribution in [0.3, 0.4) is 0 Å². The van der Waals surface area contributed by atoms with Crippen LogP contribution in [-0.2, 0) is 12.7 Å². The van der Waals surface area contributed by atoms with Gasteiger partial charge in [0.15, 0.2) is 5.52 Å². The number of methoxy groups -OCH3 is 1. The molecule has 0 saturated heterocycles. The standard InChI is InChI=1S/C12H12F3N3O3/c1-4-17-6(2)16-8-5-7(12(13,14)15)11(21-3)10(9(8)17)18(19)20/h5H,4H2,1-3H3. The number of fused-ring (bicyclic) bond motifs is 1. The van der Waals surface area contributed by atoms with Crippen molar-refractivity contribution in [1.29, 1.82) is 0 Å². The second kappa shape index (κ2) is 4.90. The normalized spacial score (nSPS) is 11.9. The topological polar surface area (TPSA) is 70.2 Å². The number of nitro groups is 1. The third kappa shape index (κ3) is 2.28. The van der Waals surface area contributed by atoms with Crippen molar-refractivity contribution < 1.29 is 22.8 Å². The summed E-state index contributed by atoms with van der Waals surface area (Å²) < 4.78 is 45.3. The van der Waals surface area contributed by atoms with Crippen LogP contribution in [0, 0.1) is 17.0 Å². The minimum Gasteiger partial charge on any atom is -0.490 e. The van der Waals surface area contributed by atoms with E-state index in [0.717, 1.165) is 13.2 Å². The molecule has 0 amide bonds. The van der Waals surface area contributed by atoms with Gasteiger partial charge in [0, 0.05) is 6.54 Å². The molecule has 0 saturated carbocycles. The molecule has 0 radical (unpaired) electrons. The van der Waals surface area contributed by atoms with Crippen LogP contribution < -0.4 is 4.74 Å². The first-order valence-electron chi connectivity index (χ1n) is 6.01. The van der Waals surface area contributed by atoms with Gasteiger partial charge in [-0.05, 0) is 19.9 Å². The molecule has 1 aromatic carbocycles. The third-order valence-electron chi connectivity index (χ3n) is 3.16. The first kappa shape index (κ1) is 15.1. The Morgan fingerprint density at radius 3 is 2.52 bits per heavy atom. The van der Waals surface area contributed by atoms with E-state index in [2.05, 4.69) is 9.72 Å². The van der Waals surface area contributed by atoms with Crippen molar-refractivity contribution in [2.24, 2.45) is 0 Å². The summed E-state index contributed by atoms with van der Waals surface area (Å²) in [6.07, 6.45) is -4.77. The van der Waals surface area contributed by atoms with Crippen LogP contribution in [0.4, 0.5) is 18.9 Å². The van der Waals surface area contributed by atoms with E-state index in [9.17, 15) is 23.3 Å². The number of rotatable bonds is 3. The van der Waals surface area contributed by atoms with Crippen molar-refractivity contribution in [3.8, 4) is 5.75 Å². The zero-order valence-corrected chi connectivity index (χ0v) is 11.5. The fourth-order valence-electron chi connectivity index (χ4n) is 2.35. The van der Waals surface area contributed by atoms with Gasteiger partial charge in [-0.15, -0.1) is 0 Å². The van der Waals surface area contributed by atoms with Crippen molar-refractivity contribution in [1.82, 2.24) is 9.55 Å². The van der Waals surface area contributed by atoms with Crippen molar-refractivity contribution in [2.45, 2.75) is 26.6 Å². The highest BCUT2D eigenvalue weighted by atomic mass is 19.4. The van der Waals surface area contributed by atoms with E-state index in [4.69, 9.17) is 0 Å². The molecule has 0 spiro atoms. The third-order valence-corrected chi connectivity index (χ3v) is 3.16. The van der Waals surface area contributed by atoms with Gasteiger partial charge in [-0.25, -0.2) is 4.98 Å². The first-order valence-corrected chi connectivity index (χ1v) is 6.01. The first-order chi connectivity index (χ1) is 9.72. The molecule has 0 fully saturated rings. The molecule has 1 heterocycles. The highest BCUT2D eigenvalue weighted by Crippen LogP contribution is 2.45. The minimum atomic E-state index is -4.77. The highest BCUT2D eigenvalue weighted by Gasteiger charge is 2.40. The molecule has 0 unspecified atom stereocenters. The number of hydrogen-bond acceptors (Lipinski definition) is 4. The van der Waals surface area contributed by atoms with E-state index in [1.807, 2.05) is 0 Å². The molecule has 21 heavy (non-hydrogen) atoms. The maximum Gasteiger partial charge on any atom is 0.420 e. The summed E-state index contributed by atoms with van der Waals surface area (Å²) in [5.41, 5.74) is -1.96.